The van der Waals surface area contributed by atoms with Gasteiger partial charge < -0.3 is 9.80 Å². The molecule has 6 heteroatoms. The van der Waals surface area contributed by atoms with E-state index in [4.69, 9.17) is 0 Å². The first kappa shape index (κ1) is 15.3. The van der Waals surface area contributed by atoms with E-state index in [1.54, 1.807) is 17.9 Å². The van der Waals surface area contributed by atoms with E-state index in [9.17, 15) is 14.9 Å². The van der Waals surface area contributed by atoms with Crippen LogP contribution in [-0.4, -0.2) is 41.9 Å². The number of nitrogens with zero attached hydrogens (tertiary/aromatic N) is 3. The van der Waals surface area contributed by atoms with Crippen molar-refractivity contribution in [3.05, 3.63) is 33.9 Å². The van der Waals surface area contributed by atoms with Gasteiger partial charge >= 0.3 is 0 Å². The first-order valence-corrected chi connectivity index (χ1v) is 7.30. The molecule has 1 fully saturated rings. The fourth-order valence-corrected chi connectivity index (χ4v) is 2.68. The average molecular weight is 291 g/mol. The van der Waals surface area contributed by atoms with Gasteiger partial charge in [-0.25, -0.2) is 0 Å². The van der Waals surface area contributed by atoms with Crippen molar-refractivity contribution in [1.82, 2.24) is 4.90 Å². The molecule has 1 heterocycles. The molecule has 0 saturated carbocycles. The van der Waals surface area contributed by atoms with Crippen molar-refractivity contribution in [2.75, 3.05) is 31.1 Å². The number of nitro benzene ring substituents is 1. The molecule has 1 aromatic rings. The molecule has 1 aliphatic heterocycles. The molecule has 0 N–H and O–H groups in total. The molecule has 1 amide bonds. The van der Waals surface area contributed by atoms with Gasteiger partial charge in [0.25, 0.3) is 5.69 Å². The van der Waals surface area contributed by atoms with Crippen molar-refractivity contribution >= 4 is 17.3 Å². The van der Waals surface area contributed by atoms with E-state index < -0.39 is 0 Å². The summed E-state index contributed by atoms with van der Waals surface area (Å²) in [5.74, 6) is 0.0592. The van der Waals surface area contributed by atoms with E-state index in [2.05, 4.69) is 6.92 Å². The quantitative estimate of drug-likeness (QED) is 0.630. The van der Waals surface area contributed by atoms with Crippen molar-refractivity contribution in [3.63, 3.8) is 0 Å². The highest BCUT2D eigenvalue weighted by molar-refractivity contribution is 5.74. The number of nitro groups is 1. The highest BCUT2D eigenvalue weighted by atomic mass is 16.6. The maximum Gasteiger partial charge on any atom is 0.292 e. The van der Waals surface area contributed by atoms with Crippen molar-refractivity contribution in [3.8, 4) is 0 Å². The van der Waals surface area contributed by atoms with E-state index >= 15 is 0 Å². The second-order valence-electron chi connectivity index (χ2n) is 5.32. The number of hydrogen-bond donors (Lipinski definition) is 0. The Hall–Kier alpha value is -2.11. The van der Waals surface area contributed by atoms with Crippen LogP contribution in [0, 0.1) is 10.1 Å². The predicted molar refractivity (Wildman–Crippen MR) is 81.6 cm³/mol. The minimum absolute atomic E-state index is 0.0592. The lowest BCUT2D eigenvalue weighted by atomic mass is 10.1. The van der Waals surface area contributed by atoms with E-state index in [1.807, 2.05) is 17.0 Å². The smallest absolute Gasteiger partial charge is 0.292 e. The Labute approximate surface area is 124 Å². The number of amides is 1. The number of rotatable bonds is 4. The largest absolute Gasteiger partial charge is 0.362 e. The maximum absolute atomic E-state index is 11.4. The summed E-state index contributed by atoms with van der Waals surface area (Å²) in [7, 11) is 0. The zero-order chi connectivity index (χ0) is 15.4. The molecule has 1 aliphatic rings. The Morgan fingerprint density at radius 3 is 2.48 bits per heavy atom. The normalized spacial score (nSPS) is 15.1. The Balaban J connectivity index is 2.23. The third kappa shape index (κ3) is 3.51. The fraction of sp³-hybridized carbons (Fsp3) is 0.533. The summed E-state index contributed by atoms with van der Waals surface area (Å²) in [6.07, 6.45) is 1.92. The van der Waals surface area contributed by atoms with Gasteiger partial charge in [-0.1, -0.05) is 19.4 Å². The third-order valence-electron chi connectivity index (χ3n) is 3.84. The molecule has 0 spiro atoms. The van der Waals surface area contributed by atoms with Gasteiger partial charge in [0, 0.05) is 39.2 Å². The second-order valence-corrected chi connectivity index (χ2v) is 5.32. The zero-order valence-electron chi connectivity index (χ0n) is 12.5. The number of benzene rings is 1. The van der Waals surface area contributed by atoms with Crippen LogP contribution >= 0.6 is 0 Å². The molecule has 114 valence electrons. The topological polar surface area (TPSA) is 66.7 Å². The van der Waals surface area contributed by atoms with Crippen LogP contribution < -0.4 is 4.90 Å². The van der Waals surface area contributed by atoms with Crippen molar-refractivity contribution < 1.29 is 9.72 Å². The Bertz CT molecular complexity index is 537. The summed E-state index contributed by atoms with van der Waals surface area (Å²) in [5.41, 5.74) is 1.94. The molecular weight excluding hydrogens is 270 g/mol. The summed E-state index contributed by atoms with van der Waals surface area (Å²) >= 11 is 0. The predicted octanol–water partition coefficient (Wildman–Crippen LogP) is 2.22. The van der Waals surface area contributed by atoms with Crippen molar-refractivity contribution in [1.29, 1.82) is 0 Å². The molecule has 0 atom stereocenters. The molecule has 0 aromatic heterocycles. The van der Waals surface area contributed by atoms with Crippen molar-refractivity contribution in [2.24, 2.45) is 0 Å². The Kier molecular flexibility index (Phi) is 4.77. The first-order valence-electron chi connectivity index (χ1n) is 7.30. The minimum atomic E-state index is -0.331. The monoisotopic (exact) mass is 291 g/mol. The van der Waals surface area contributed by atoms with Gasteiger partial charge in [-0.15, -0.1) is 0 Å². The summed E-state index contributed by atoms with van der Waals surface area (Å²) in [5, 5.41) is 11.2. The number of carbonyl (C=O) groups excluding carboxylic acids is 1. The SMILES string of the molecule is CCCc1ccc([N+](=O)[O-])c(N2CCN(C(C)=O)CC2)c1. The molecule has 1 aromatic carbocycles. The molecule has 6 nitrogen and oxygen atoms in total. The molecule has 0 unspecified atom stereocenters. The molecule has 0 bridgehead atoms. The summed E-state index contributed by atoms with van der Waals surface area (Å²) in [6.45, 7) is 6.15. The van der Waals surface area contributed by atoms with Crippen LogP contribution in [-0.2, 0) is 11.2 Å². The maximum atomic E-state index is 11.4. The lowest BCUT2D eigenvalue weighted by Gasteiger charge is -2.35. The van der Waals surface area contributed by atoms with Gasteiger partial charge in [-0.3, -0.25) is 14.9 Å². The van der Waals surface area contributed by atoms with E-state index in [0.29, 0.717) is 31.9 Å². The van der Waals surface area contributed by atoms with Crippen LogP contribution in [0.25, 0.3) is 0 Å². The van der Waals surface area contributed by atoms with Gasteiger partial charge in [0.15, 0.2) is 0 Å². The Morgan fingerprint density at radius 1 is 1.29 bits per heavy atom. The number of carbonyl (C=O) groups is 1. The lowest BCUT2D eigenvalue weighted by Crippen LogP contribution is -2.48. The molecule has 0 radical (unpaired) electrons. The Morgan fingerprint density at radius 2 is 1.95 bits per heavy atom. The van der Waals surface area contributed by atoms with E-state index in [1.165, 1.54) is 0 Å². The van der Waals surface area contributed by atoms with Gasteiger partial charge in [0.05, 0.1) is 4.92 Å². The molecule has 1 saturated heterocycles. The standard InChI is InChI=1S/C15H21N3O3/c1-3-4-13-5-6-14(18(20)21)15(11-13)17-9-7-16(8-10-17)12(2)19/h5-6,11H,3-4,7-10H2,1-2H3. The summed E-state index contributed by atoms with van der Waals surface area (Å²) in [4.78, 5) is 26.0. The third-order valence-corrected chi connectivity index (χ3v) is 3.84. The average Bonchev–Trinajstić information content (AvgIpc) is 2.47. The number of piperazine rings is 1. The zero-order valence-corrected chi connectivity index (χ0v) is 12.5. The molecule has 2 rings (SSSR count). The molecule has 21 heavy (non-hydrogen) atoms. The van der Waals surface area contributed by atoms with E-state index in [0.717, 1.165) is 18.4 Å². The minimum Gasteiger partial charge on any atom is -0.362 e. The van der Waals surface area contributed by atoms with Gasteiger partial charge in [0.1, 0.15) is 5.69 Å². The number of hydrogen-bond acceptors (Lipinski definition) is 4. The number of anilines is 1. The second kappa shape index (κ2) is 6.56. The van der Waals surface area contributed by atoms with Crippen LogP contribution in [0.4, 0.5) is 11.4 Å². The summed E-state index contributed by atoms with van der Waals surface area (Å²) < 4.78 is 0. The fourth-order valence-electron chi connectivity index (χ4n) is 2.68. The number of aryl methyl sites for hydroxylation is 1. The van der Waals surface area contributed by atoms with Crippen molar-refractivity contribution in [2.45, 2.75) is 26.7 Å². The van der Waals surface area contributed by atoms with Crippen LogP contribution in [0.2, 0.25) is 0 Å². The molecular formula is C15H21N3O3. The van der Waals surface area contributed by atoms with Gasteiger partial charge in [-0.2, -0.15) is 0 Å². The van der Waals surface area contributed by atoms with E-state index in [-0.39, 0.29) is 16.5 Å². The van der Waals surface area contributed by atoms with Crippen LogP contribution in [0.1, 0.15) is 25.8 Å². The highest BCUT2D eigenvalue weighted by Crippen LogP contribution is 2.30. The molecule has 0 aliphatic carbocycles. The summed E-state index contributed by atoms with van der Waals surface area (Å²) in [6, 6.07) is 5.35. The lowest BCUT2D eigenvalue weighted by molar-refractivity contribution is -0.384. The van der Waals surface area contributed by atoms with Crippen LogP contribution in [0.3, 0.4) is 0 Å². The first-order chi connectivity index (χ1) is 10.0. The van der Waals surface area contributed by atoms with Gasteiger partial charge in [-0.05, 0) is 18.1 Å². The van der Waals surface area contributed by atoms with Crippen LogP contribution in [0.15, 0.2) is 18.2 Å². The van der Waals surface area contributed by atoms with Gasteiger partial charge in [0.2, 0.25) is 5.91 Å². The highest BCUT2D eigenvalue weighted by Gasteiger charge is 2.24. The van der Waals surface area contributed by atoms with Crippen LogP contribution in [0.5, 0.6) is 0 Å².